The standard InChI is InChI=1S/C11H15F2NO4S/c12-11(13)19-7-8-1-2-9(18-8)10(17)14(3-5-15)4-6-16/h1-2,11,15-16H,3-7H2. The van der Waals surface area contributed by atoms with E-state index in [9.17, 15) is 13.6 Å². The maximum absolute atomic E-state index is 12.0. The number of amides is 1. The molecule has 1 aromatic rings. The maximum atomic E-state index is 12.0. The van der Waals surface area contributed by atoms with Crippen molar-refractivity contribution in [3.8, 4) is 0 Å². The van der Waals surface area contributed by atoms with Crippen molar-refractivity contribution in [3.05, 3.63) is 23.7 Å². The molecule has 0 aliphatic rings. The predicted molar refractivity (Wildman–Crippen MR) is 66.1 cm³/mol. The molecule has 0 fully saturated rings. The Hall–Kier alpha value is -1.12. The molecule has 0 atom stereocenters. The number of hydrogen-bond donors (Lipinski definition) is 2. The summed E-state index contributed by atoms with van der Waals surface area (Å²) >= 11 is 0.406. The van der Waals surface area contributed by atoms with Gasteiger partial charge in [-0.3, -0.25) is 4.79 Å². The van der Waals surface area contributed by atoms with Crippen LogP contribution in [-0.2, 0) is 5.75 Å². The number of alkyl halides is 2. The molecule has 1 rings (SSSR count). The van der Waals surface area contributed by atoms with E-state index in [1.54, 1.807) is 0 Å². The molecule has 108 valence electrons. The number of furan rings is 1. The van der Waals surface area contributed by atoms with Crippen molar-refractivity contribution in [2.24, 2.45) is 0 Å². The molecular formula is C11H15F2NO4S. The molecular weight excluding hydrogens is 280 g/mol. The first kappa shape index (κ1) is 15.9. The highest BCUT2D eigenvalue weighted by Crippen LogP contribution is 2.21. The second-order valence-corrected chi connectivity index (χ2v) is 4.56. The fraction of sp³-hybridized carbons (Fsp3) is 0.545. The predicted octanol–water partition coefficient (Wildman–Crippen LogP) is 1.16. The van der Waals surface area contributed by atoms with Gasteiger partial charge in [0.15, 0.2) is 5.76 Å². The zero-order valence-electron chi connectivity index (χ0n) is 10.1. The van der Waals surface area contributed by atoms with Gasteiger partial charge in [0.05, 0.1) is 19.0 Å². The average molecular weight is 295 g/mol. The van der Waals surface area contributed by atoms with Gasteiger partial charge in [-0.05, 0) is 12.1 Å². The van der Waals surface area contributed by atoms with Crippen molar-refractivity contribution in [2.45, 2.75) is 11.5 Å². The van der Waals surface area contributed by atoms with E-state index in [2.05, 4.69) is 0 Å². The molecule has 1 amide bonds. The molecule has 1 heterocycles. The second-order valence-electron chi connectivity index (χ2n) is 3.58. The normalized spacial score (nSPS) is 11.0. The van der Waals surface area contributed by atoms with Gasteiger partial charge in [-0.15, -0.1) is 0 Å². The summed E-state index contributed by atoms with van der Waals surface area (Å²) in [5, 5.41) is 17.6. The van der Waals surface area contributed by atoms with E-state index in [0.29, 0.717) is 11.8 Å². The third-order valence-electron chi connectivity index (χ3n) is 2.25. The SMILES string of the molecule is O=C(c1ccc(CSC(F)F)o1)N(CCO)CCO. The van der Waals surface area contributed by atoms with Crippen LogP contribution in [0, 0.1) is 0 Å². The average Bonchev–Trinajstić information content (AvgIpc) is 2.84. The van der Waals surface area contributed by atoms with Gasteiger partial charge >= 0.3 is 0 Å². The van der Waals surface area contributed by atoms with E-state index in [1.165, 1.54) is 17.0 Å². The van der Waals surface area contributed by atoms with Gasteiger partial charge in [-0.2, -0.15) is 8.78 Å². The number of carbonyl (C=O) groups excluding carboxylic acids is 1. The zero-order chi connectivity index (χ0) is 14.3. The Bertz CT molecular complexity index is 394. The Morgan fingerprint density at radius 2 is 1.95 bits per heavy atom. The summed E-state index contributed by atoms with van der Waals surface area (Å²) in [5.74, 6) is -2.72. The summed E-state index contributed by atoms with van der Waals surface area (Å²) in [6, 6.07) is 2.85. The highest BCUT2D eigenvalue weighted by molar-refractivity contribution is 7.98. The van der Waals surface area contributed by atoms with Gasteiger partial charge in [0.25, 0.3) is 11.7 Å². The van der Waals surface area contributed by atoms with E-state index in [-0.39, 0.29) is 43.6 Å². The molecule has 5 nitrogen and oxygen atoms in total. The smallest absolute Gasteiger partial charge is 0.289 e. The van der Waals surface area contributed by atoms with Crippen molar-refractivity contribution in [1.82, 2.24) is 4.90 Å². The minimum absolute atomic E-state index is 0.00627. The molecule has 0 bridgehead atoms. The molecule has 0 saturated carbocycles. The van der Waals surface area contributed by atoms with Gasteiger partial charge < -0.3 is 19.5 Å². The number of rotatable bonds is 8. The lowest BCUT2D eigenvalue weighted by Gasteiger charge is -2.19. The Morgan fingerprint density at radius 3 is 2.47 bits per heavy atom. The van der Waals surface area contributed by atoms with Crippen LogP contribution in [0.1, 0.15) is 16.3 Å². The topological polar surface area (TPSA) is 73.9 Å². The van der Waals surface area contributed by atoms with Crippen LogP contribution in [0.25, 0.3) is 0 Å². The summed E-state index contributed by atoms with van der Waals surface area (Å²) in [4.78, 5) is 13.2. The molecule has 2 N–H and O–H groups in total. The number of aliphatic hydroxyl groups excluding tert-OH is 2. The van der Waals surface area contributed by atoms with E-state index in [0.717, 1.165) is 0 Å². The van der Waals surface area contributed by atoms with E-state index >= 15 is 0 Å². The molecule has 0 saturated heterocycles. The highest BCUT2D eigenvalue weighted by Gasteiger charge is 2.18. The van der Waals surface area contributed by atoms with E-state index < -0.39 is 11.7 Å². The lowest BCUT2D eigenvalue weighted by molar-refractivity contribution is 0.0652. The fourth-order valence-electron chi connectivity index (χ4n) is 1.43. The van der Waals surface area contributed by atoms with Gasteiger partial charge in [0.1, 0.15) is 5.76 Å². The number of nitrogens with zero attached hydrogens (tertiary/aromatic N) is 1. The minimum Gasteiger partial charge on any atom is -0.455 e. The summed E-state index contributed by atoms with van der Waals surface area (Å²) in [6.07, 6.45) is 0. The molecule has 0 aromatic carbocycles. The molecule has 19 heavy (non-hydrogen) atoms. The number of aliphatic hydroxyl groups is 2. The van der Waals surface area contributed by atoms with Crippen molar-refractivity contribution >= 4 is 17.7 Å². The third kappa shape index (κ3) is 5.17. The molecule has 0 aliphatic carbocycles. The van der Waals surface area contributed by atoms with Crippen LogP contribution < -0.4 is 0 Å². The lowest BCUT2D eigenvalue weighted by Crippen LogP contribution is -2.35. The maximum Gasteiger partial charge on any atom is 0.289 e. The third-order valence-corrected chi connectivity index (χ3v) is 2.95. The number of halogens is 2. The number of hydrogen-bond acceptors (Lipinski definition) is 5. The number of carbonyl (C=O) groups is 1. The molecule has 0 unspecified atom stereocenters. The van der Waals surface area contributed by atoms with Crippen molar-refractivity contribution in [3.63, 3.8) is 0 Å². The van der Waals surface area contributed by atoms with E-state index in [4.69, 9.17) is 14.6 Å². The summed E-state index contributed by atoms with van der Waals surface area (Å²) in [7, 11) is 0. The molecule has 0 radical (unpaired) electrons. The summed E-state index contributed by atoms with van der Waals surface area (Å²) in [5.41, 5.74) is 0. The lowest BCUT2D eigenvalue weighted by atomic mass is 10.3. The van der Waals surface area contributed by atoms with Crippen molar-refractivity contribution in [2.75, 3.05) is 26.3 Å². The Balaban J connectivity index is 2.65. The monoisotopic (exact) mass is 295 g/mol. The fourth-order valence-corrected chi connectivity index (χ4v) is 1.87. The van der Waals surface area contributed by atoms with E-state index in [1.807, 2.05) is 0 Å². The Morgan fingerprint density at radius 1 is 1.32 bits per heavy atom. The second kappa shape index (κ2) is 8.13. The first-order valence-electron chi connectivity index (χ1n) is 5.58. The van der Waals surface area contributed by atoms with Gasteiger partial charge in [0.2, 0.25) is 0 Å². The molecule has 8 heteroatoms. The Kier molecular flexibility index (Phi) is 6.82. The van der Waals surface area contributed by atoms with Crippen LogP contribution in [0.3, 0.4) is 0 Å². The van der Waals surface area contributed by atoms with Crippen molar-refractivity contribution < 1.29 is 28.2 Å². The quantitative estimate of drug-likeness (QED) is 0.753. The van der Waals surface area contributed by atoms with Gasteiger partial charge in [-0.25, -0.2) is 0 Å². The van der Waals surface area contributed by atoms with Crippen LogP contribution >= 0.6 is 11.8 Å². The molecule has 1 aromatic heterocycles. The highest BCUT2D eigenvalue weighted by atomic mass is 32.2. The van der Waals surface area contributed by atoms with Crippen LogP contribution in [0.4, 0.5) is 8.78 Å². The van der Waals surface area contributed by atoms with Crippen molar-refractivity contribution in [1.29, 1.82) is 0 Å². The van der Waals surface area contributed by atoms with Crippen LogP contribution in [0.2, 0.25) is 0 Å². The summed E-state index contributed by atoms with van der Waals surface area (Å²) < 4.78 is 29.2. The van der Waals surface area contributed by atoms with Crippen LogP contribution in [-0.4, -0.2) is 53.1 Å². The Labute approximate surface area is 113 Å². The largest absolute Gasteiger partial charge is 0.455 e. The molecule has 0 spiro atoms. The molecule has 0 aliphatic heterocycles. The number of thioether (sulfide) groups is 1. The first-order chi connectivity index (χ1) is 9.08. The van der Waals surface area contributed by atoms with Crippen LogP contribution in [0.5, 0.6) is 0 Å². The first-order valence-corrected chi connectivity index (χ1v) is 6.62. The van der Waals surface area contributed by atoms with Gasteiger partial charge in [0, 0.05) is 13.1 Å². The zero-order valence-corrected chi connectivity index (χ0v) is 10.9. The minimum atomic E-state index is -2.50. The summed E-state index contributed by atoms with van der Waals surface area (Å²) in [6.45, 7) is -0.330. The van der Waals surface area contributed by atoms with Gasteiger partial charge in [-0.1, -0.05) is 11.8 Å². The van der Waals surface area contributed by atoms with Crippen LogP contribution in [0.15, 0.2) is 16.5 Å².